The fraction of sp³-hybridized carbons (Fsp3) is 0.214. The zero-order chi connectivity index (χ0) is 12.1. The summed E-state index contributed by atoms with van der Waals surface area (Å²) in [5.74, 6) is 5.60. The van der Waals surface area contributed by atoms with Crippen molar-refractivity contribution in [2.75, 3.05) is 6.61 Å². The predicted octanol–water partition coefficient (Wildman–Crippen LogP) is 3.21. The highest BCUT2D eigenvalue weighted by Gasteiger charge is 2.00. The molecule has 0 saturated heterocycles. The lowest BCUT2D eigenvalue weighted by Gasteiger charge is -1.94. The molecule has 0 aliphatic rings. The van der Waals surface area contributed by atoms with Gasteiger partial charge in [-0.3, -0.25) is 4.79 Å². The Hall–Kier alpha value is -1.79. The standard InChI is InChI=1S/C14H12O2S/c1-2-16-14(15)9-5-6-11-10-17-13-8-4-3-7-12(11)13/h3-4,7-8,10H,2,9H2,1H3. The average Bonchev–Trinajstić information content (AvgIpc) is 2.73. The van der Waals surface area contributed by atoms with Crippen LogP contribution in [0.4, 0.5) is 0 Å². The number of carbonyl (C=O) groups is 1. The van der Waals surface area contributed by atoms with E-state index >= 15 is 0 Å². The van der Waals surface area contributed by atoms with Crippen LogP contribution in [0.3, 0.4) is 0 Å². The van der Waals surface area contributed by atoms with E-state index in [1.54, 1.807) is 18.3 Å². The molecule has 0 aliphatic carbocycles. The number of thiophene rings is 1. The minimum atomic E-state index is -0.264. The molecule has 1 aromatic carbocycles. The zero-order valence-corrected chi connectivity index (χ0v) is 10.3. The summed E-state index contributed by atoms with van der Waals surface area (Å²) in [5.41, 5.74) is 0.981. The molecule has 0 unspecified atom stereocenters. The van der Waals surface area contributed by atoms with E-state index < -0.39 is 0 Å². The average molecular weight is 244 g/mol. The Morgan fingerprint density at radius 2 is 2.24 bits per heavy atom. The summed E-state index contributed by atoms with van der Waals surface area (Å²) < 4.78 is 6.03. The molecule has 2 rings (SSSR count). The fourth-order valence-electron chi connectivity index (χ4n) is 1.50. The third kappa shape index (κ3) is 2.86. The molecule has 2 nitrogen and oxygen atoms in total. The lowest BCUT2D eigenvalue weighted by atomic mass is 10.2. The Bertz CT molecular complexity index is 587. The molecule has 0 aliphatic heterocycles. The smallest absolute Gasteiger partial charge is 0.317 e. The first-order chi connectivity index (χ1) is 8.31. The summed E-state index contributed by atoms with van der Waals surface area (Å²) in [4.78, 5) is 11.1. The number of rotatable bonds is 2. The Kier molecular flexibility index (Phi) is 3.79. The molecule has 0 spiro atoms. The number of benzene rings is 1. The minimum Gasteiger partial charge on any atom is -0.465 e. The Morgan fingerprint density at radius 3 is 3.06 bits per heavy atom. The minimum absolute atomic E-state index is 0.151. The van der Waals surface area contributed by atoms with E-state index in [9.17, 15) is 4.79 Å². The second kappa shape index (κ2) is 5.51. The van der Waals surface area contributed by atoms with Crippen molar-refractivity contribution in [3.8, 4) is 11.8 Å². The quantitative estimate of drug-likeness (QED) is 0.599. The summed E-state index contributed by atoms with van der Waals surface area (Å²) in [6.45, 7) is 2.19. The highest BCUT2D eigenvalue weighted by molar-refractivity contribution is 7.17. The van der Waals surface area contributed by atoms with Gasteiger partial charge in [0.2, 0.25) is 0 Å². The van der Waals surface area contributed by atoms with Crippen LogP contribution in [0.2, 0.25) is 0 Å². The van der Waals surface area contributed by atoms with Gasteiger partial charge in [0.25, 0.3) is 0 Å². The highest BCUT2D eigenvalue weighted by atomic mass is 32.1. The molecule has 1 aromatic heterocycles. The van der Waals surface area contributed by atoms with Gasteiger partial charge in [-0.25, -0.2) is 0 Å². The molecule has 0 radical (unpaired) electrons. The normalized spacial score (nSPS) is 9.71. The van der Waals surface area contributed by atoms with Crippen LogP contribution in [0.1, 0.15) is 18.9 Å². The highest BCUT2D eigenvalue weighted by Crippen LogP contribution is 2.24. The molecule has 2 aromatic rings. The fourth-order valence-corrected chi connectivity index (χ4v) is 2.39. The number of ether oxygens (including phenoxy) is 1. The van der Waals surface area contributed by atoms with E-state index in [1.165, 1.54) is 4.70 Å². The van der Waals surface area contributed by atoms with Crippen molar-refractivity contribution in [3.05, 3.63) is 35.2 Å². The van der Waals surface area contributed by atoms with Gasteiger partial charge in [-0.2, -0.15) is 0 Å². The lowest BCUT2D eigenvalue weighted by molar-refractivity contribution is -0.141. The maximum atomic E-state index is 11.1. The molecule has 0 fully saturated rings. The third-order valence-electron chi connectivity index (χ3n) is 2.24. The van der Waals surface area contributed by atoms with Crippen molar-refractivity contribution in [2.24, 2.45) is 0 Å². The molecule has 0 bridgehead atoms. The number of esters is 1. The van der Waals surface area contributed by atoms with Crippen molar-refractivity contribution in [1.82, 2.24) is 0 Å². The second-order valence-corrected chi connectivity index (χ2v) is 4.34. The SMILES string of the molecule is CCOC(=O)CC#Cc1csc2ccccc12. The largest absolute Gasteiger partial charge is 0.465 e. The van der Waals surface area contributed by atoms with E-state index in [2.05, 4.69) is 17.9 Å². The van der Waals surface area contributed by atoms with Crippen LogP contribution in [0.15, 0.2) is 29.6 Å². The molecule has 17 heavy (non-hydrogen) atoms. The topological polar surface area (TPSA) is 26.3 Å². The van der Waals surface area contributed by atoms with Crippen molar-refractivity contribution in [3.63, 3.8) is 0 Å². The summed E-state index contributed by atoms with van der Waals surface area (Å²) in [6, 6.07) is 8.11. The molecule has 3 heteroatoms. The zero-order valence-electron chi connectivity index (χ0n) is 9.53. The van der Waals surface area contributed by atoms with Crippen molar-refractivity contribution in [2.45, 2.75) is 13.3 Å². The van der Waals surface area contributed by atoms with Crippen LogP contribution in [0.5, 0.6) is 0 Å². The van der Waals surface area contributed by atoms with Gasteiger partial charge in [-0.05, 0) is 13.0 Å². The Labute approximate surface area is 104 Å². The van der Waals surface area contributed by atoms with Crippen LogP contribution in [0, 0.1) is 11.8 Å². The third-order valence-corrected chi connectivity index (χ3v) is 3.21. The van der Waals surface area contributed by atoms with Crippen LogP contribution >= 0.6 is 11.3 Å². The maximum absolute atomic E-state index is 11.1. The molecule has 0 saturated carbocycles. The maximum Gasteiger partial charge on any atom is 0.317 e. The van der Waals surface area contributed by atoms with E-state index in [4.69, 9.17) is 4.74 Å². The Morgan fingerprint density at radius 1 is 1.41 bits per heavy atom. The lowest BCUT2D eigenvalue weighted by Crippen LogP contribution is -2.01. The first-order valence-corrected chi connectivity index (χ1v) is 6.30. The molecular formula is C14H12O2S. The summed E-state index contributed by atoms with van der Waals surface area (Å²) in [6.07, 6.45) is 0.151. The van der Waals surface area contributed by atoms with Gasteiger partial charge in [0.1, 0.15) is 6.42 Å². The van der Waals surface area contributed by atoms with Gasteiger partial charge in [0, 0.05) is 21.0 Å². The van der Waals surface area contributed by atoms with Crippen molar-refractivity contribution in [1.29, 1.82) is 0 Å². The summed E-state index contributed by atoms with van der Waals surface area (Å²) in [5, 5.41) is 3.16. The molecule has 86 valence electrons. The van der Waals surface area contributed by atoms with E-state index in [0.29, 0.717) is 6.61 Å². The monoisotopic (exact) mass is 244 g/mol. The van der Waals surface area contributed by atoms with Gasteiger partial charge in [0.15, 0.2) is 0 Å². The molecule has 0 atom stereocenters. The van der Waals surface area contributed by atoms with Crippen LogP contribution < -0.4 is 0 Å². The second-order valence-electron chi connectivity index (χ2n) is 3.43. The van der Waals surface area contributed by atoms with Gasteiger partial charge in [0.05, 0.1) is 6.61 Å². The number of hydrogen-bond acceptors (Lipinski definition) is 3. The molecule has 0 amide bonds. The van der Waals surface area contributed by atoms with Crippen molar-refractivity contribution < 1.29 is 9.53 Å². The predicted molar refractivity (Wildman–Crippen MR) is 70.0 cm³/mol. The van der Waals surface area contributed by atoms with Gasteiger partial charge < -0.3 is 4.74 Å². The van der Waals surface area contributed by atoms with Gasteiger partial charge in [-0.1, -0.05) is 30.0 Å². The number of fused-ring (bicyclic) bond motifs is 1. The molecular weight excluding hydrogens is 232 g/mol. The first kappa shape index (κ1) is 11.7. The molecule has 1 heterocycles. The first-order valence-electron chi connectivity index (χ1n) is 5.42. The molecule has 0 N–H and O–H groups in total. The van der Waals surface area contributed by atoms with Crippen molar-refractivity contribution >= 4 is 27.4 Å². The Balaban J connectivity index is 2.14. The van der Waals surface area contributed by atoms with Gasteiger partial charge >= 0.3 is 5.97 Å². The van der Waals surface area contributed by atoms with Crippen LogP contribution in [-0.2, 0) is 9.53 Å². The number of hydrogen-bond donors (Lipinski definition) is 0. The van der Waals surface area contributed by atoms with Crippen LogP contribution in [0.25, 0.3) is 10.1 Å². The summed E-state index contributed by atoms with van der Waals surface area (Å²) in [7, 11) is 0. The van der Waals surface area contributed by atoms with Crippen LogP contribution in [-0.4, -0.2) is 12.6 Å². The van der Waals surface area contributed by atoms with E-state index in [0.717, 1.165) is 10.9 Å². The van der Waals surface area contributed by atoms with Gasteiger partial charge in [-0.15, -0.1) is 11.3 Å². The van der Waals surface area contributed by atoms with E-state index in [-0.39, 0.29) is 12.4 Å². The van der Waals surface area contributed by atoms with E-state index in [1.807, 2.05) is 23.6 Å². The number of carbonyl (C=O) groups excluding carboxylic acids is 1. The summed E-state index contributed by atoms with van der Waals surface area (Å²) >= 11 is 1.66.